The van der Waals surface area contributed by atoms with Crippen LogP contribution in [0.3, 0.4) is 0 Å². The molecule has 0 aromatic heterocycles. The van der Waals surface area contributed by atoms with Crippen LogP contribution in [0, 0.1) is 6.92 Å². The number of carbonyl (C=O) groups is 2. The Morgan fingerprint density at radius 1 is 0.882 bits per heavy atom. The van der Waals surface area contributed by atoms with Crippen molar-refractivity contribution in [3.63, 3.8) is 0 Å². The summed E-state index contributed by atoms with van der Waals surface area (Å²) < 4.78 is 39.7. The number of ether oxygens (including phenoxy) is 2. The average Bonchev–Trinajstić information content (AvgIpc) is 2.83. The van der Waals surface area contributed by atoms with E-state index in [4.69, 9.17) is 13.7 Å². The van der Waals surface area contributed by atoms with Crippen molar-refractivity contribution in [1.82, 2.24) is 0 Å². The second kappa shape index (κ2) is 10.5. The van der Waals surface area contributed by atoms with Gasteiger partial charge in [-0.15, -0.1) is 0 Å². The smallest absolute Gasteiger partial charge is 0.341 e. The number of esters is 2. The van der Waals surface area contributed by atoms with Crippen LogP contribution in [0.5, 0.6) is 5.75 Å². The molecular weight excluding hydrogens is 460 g/mol. The van der Waals surface area contributed by atoms with E-state index in [2.05, 4.69) is 0 Å². The number of hydrogen-bond donors (Lipinski definition) is 1. The molecule has 0 aliphatic heterocycles. The van der Waals surface area contributed by atoms with E-state index in [0.717, 1.165) is 5.56 Å². The topological polar surface area (TPSA) is 116 Å². The molecule has 9 heteroatoms. The highest BCUT2D eigenvalue weighted by molar-refractivity contribution is 7.86. The first-order valence-electron chi connectivity index (χ1n) is 10.3. The van der Waals surface area contributed by atoms with Gasteiger partial charge in [0.1, 0.15) is 11.3 Å². The van der Waals surface area contributed by atoms with E-state index in [9.17, 15) is 23.1 Å². The minimum Gasteiger partial charge on any atom is -0.506 e. The molecule has 34 heavy (non-hydrogen) atoms. The molecule has 0 amide bonds. The van der Waals surface area contributed by atoms with Gasteiger partial charge in [0.25, 0.3) is 10.1 Å². The average molecular weight is 485 g/mol. The maximum absolute atomic E-state index is 12.5. The fraction of sp³-hybridized carbons (Fsp3) is 0.200. The van der Waals surface area contributed by atoms with Crippen molar-refractivity contribution in [2.24, 2.45) is 0 Å². The zero-order valence-electron chi connectivity index (χ0n) is 18.9. The zero-order chi connectivity index (χ0) is 24.9. The van der Waals surface area contributed by atoms with Crippen molar-refractivity contribution in [2.75, 3.05) is 20.8 Å². The molecule has 1 N–H and O–H groups in total. The lowest BCUT2D eigenvalue weighted by atomic mass is 9.93. The fourth-order valence-corrected chi connectivity index (χ4v) is 4.27. The number of rotatable bonds is 8. The Labute approximate surface area is 197 Å². The van der Waals surface area contributed by atoms with Crippen LogP contribution in [0.4, 0.5) is 0 Å². The van der Waals surface area contributed by atoms with Gasteiger partial charge in [0, 0.05) is 5.56 Å². The van der Waals surface area contributed by atoms with Crippen LogP contribution in [-0.2, 0) is 30.2 Å². The SMILES string of the molecule is COC(=O)c1ccc(CCOS(=O)(=O)c2ccc(C)cc2)c(-c2cccc(C(=O)OC)c2O)c1. The van der Waals surface area contributed by atoms with Gasteiger partial charge in [-0.1, -0.05) is 35.9 Å². The molecular formula is C25H24O8S. The van der Waals surface area contributed by atoms with Gasteiger partial charge in [-0.25, -0.2) is 9.59 Å². The number of phenolic OH excluding ortho intramolecular Hbond substituents is 1. The van der Waals surface area contributed by atoms with Gasteiger partial charge in [-0.2, -0.15) is 8.42 Å². The Balaban J connectivity index is 1.95. The Hall–Kier alpha value is -3.69. The Kier molecular flexibility index (Phi) is 7.70. The number of carbonyl (C=O) groups excluding carboxylic acids is 2. The molecule has 0 unspecified atom stereocenters. The van der Waals surface area contributed by atoms with Crippen molar-refractivity contribution in [2.45, 2.75) is 18.2 Å². The molecule has 0 fully saturated rings. The third-order valence-electron chi connectivity index (χ3n) is 5.18. The summed E-state index contributed by atoms with van der Waals surface area (Å²) >= 11 is 0. The summed E-state index contributed by atoms with van der Waals surface area (Å²) in [6, 6.07) is 15.5. The van der Waals surface area contributed by atoms with Crippen molar-refractivity contribution in [3.8, 4) is 16.9 Å². The number of aryl methyl sites for hydroxylation is 1. The molecule has 0 atom stereocenters. The number of benzene rings is 3. The van der Waals surface area contributed by atoms with E-state index < -0.39 is 22.1 Å². The first-order valence-corrected chi connectivity index (χ1v) is 11.7. The van der Waals surface area contributed by atoms with E-state index in [1.807, 2.05) is 6.92 Å². The lowest BCUT2D eigenvalue weighted by Crippen LogP contribution is -2.10. The third-order valence-corrected chi connectivity index (χ3v) is 6.51. The van der Waals surface area contributed by atoms with E-state index in [1.54, 1.807) is 30.3 Å². The lowest BCUT2D eigenvalue weighted by Gasteiger charge is -2.15. The molecule has 0 aliphatic rings. The predicted octanol–water partition coefficient (Wildman–Crippen LogP) is 3.89. The Morgan fingerprint density at radius 2 is 1.56 bits per heavy atom. The van der Waals surface area contributed by atoms with E-state index in [-0.39, 0.29) is 40.4 Å². The molecule has 0 bridgehead atoms. The van der Waals surface area contributed by atoms with Crippen molar-refractivity contribution in [1.29, 1.82) is 0 Å². The summed E-state index contributed by atoms with van der Waals surface area (Å²) in [5.74, 6) is -1.64. The third kappa shape index (κ3) is 5.44. The second-order valence-electron chi connectivity index (χ2n) is 7.40. The van der Waals surface area contributed by atoms with Crippen LogP contribution in [0.25, 0.3) is 11.1 Å². The summed E-state index contributed by atoms with van der Waals surface area (Å²) in [5.41, 5.74) is 2.37. The molecule has 0 aliphatic carbocycles. The van der Waals surface area contributed by atoms with E-state index in [0.29, 0.717) is 11.1 Å². The fourth-order valence-electron chi connectivity index (χ4n) is 3.36. The first-order chi connectivity index (χ1) is 16.2. The highest BCUT2D eigenvalue weighted by atomic mass is 32.2. The molecule has 0 saturated heterocycles. The molecule has 0 saturated carbocycles. The highest BCUT2D eigenvalue weighted by Gasteiger charge is 2.20. The number of aromatic hydroxyl groups is 1. The number of hydrogen-bond acceptors (Lipinski definition) is 8. The number of methoxy groups -OCH3 is 2. The highest BCUT2D eigenvalue weighted by Crippen LogP contribution is 2.35. The van der Waals surface area contributed by atoms with Crippen LogP contribution in [-0.4, -0.2) is 46.3 Å². The monoisotopic (exact) mass is 484 g/mol. The minimum atomic E-state index is -3.96. The van der Waals surface area contributed by atoms with Crippen LogP contribution >= 0.6 is 0 Å². The molecule has 0 radical (unpaired) electrons. The molecule has 8 nitrogen and oxygen atoms in total. The Bertz CT molecular complexity index is 1310. The van der Waals surface area contributed by atoms with Gasteiger partial charge in [0.15, 0.2) is 0 Å². The standard InChI is InChI=1S/C25H24O8S/c1-16-7-11-19(12-8-16)34(29,30)33-14-13-17-9-10-18(24(27)31-2)15-22(17)20-5-4-6-21(23(20)26)25(28)32-3/h4-12,15,26H,13-14H2,1-3H3. The molecule has 0 heterocycles. The van der Waals surface area contributed by atoms with Gasteiger partial charge in [-0.05, 0) is 54.8 Å². The Morgan fingerprint density at radius 3 is 2.21 bits per heavy atom. The summed E-state index contributed by atoms with van der Waals surface area (Å²) in [4.78, 5) is 24.1. The summed E-state index contributed by atoms with van der Waals surface area (Å²) in [6.07, 6.45) is 0.143. The molecule has 3 aromatic rings. The van der Waals surface area contributed by atoms with Gasteiger partial charge in [0.05, 0.1) is 31.3 Å². The second-order valence-corrected chi connectivity index (χ2v) is 9.01. The summed E-state index contributed by atoms with van der Waals surface area (Å²) in [6.45, 7) is 1.67. The van der Waals surface area contributed by atoms with Crippen molar-refractivity contribution in [3.05, 3.63) is 82.9 Å². The first kappa shape index (κ1) is 24.9. The van der Waals surface area contributed by atoms with Crippen molar-refractivity contribution < 1.29 is 36.8 Å². The van der Waals surface area contributed by atoms with E-state index >= 15 is 0 Å². The van der Waals surface area contributed by atoms with Crippen molar-refractivity contribution >= 4 is 22.1 Å². The van der Waals surface area contributed by atoms with Gasteiger partial charge >= 0.3 is 11.9 Å². The number of phenols is 1. The minimum absolute atomic E-state index is 0.0442. The zero-order valence-corrected chi connectivity index (χ0v) is 19.7. The maximum Gasteiger partial charge on any atom is 0.341 e. The normalized spacial score (nSPS) is 11.1. The summed E-state index contributed by atoms with van der Waals surface area (Å²) in [7, 11) is -1.52. The van der Waals surface area contributed by atoms with Crippen LogP contribution in [0.2, 0.25) is 0 Å². The molecule has 3 aromatic carbocycles. The van der Waals surface area contributed by atoms with Crippen LogP contribution < -0.4 is 0 Å². The van der Waals surface area contributed by atoms with Gasteiger partial charge in [-0.3, -0.25) is 4.18 Å². The number of para-hydroxylation sites is 1. The predicted molar refractivity (Wildman–Crippen MR) is 124 cm³/mol. The molecule has 3 rings (SSSR count). The lowest BCUT2D eigenvalue weighted by molar-refractivity contribution is 0.0589. The quantitative estimate of drug-likeness (QED) is 0.378. The van der Waals surface area contributed by atoms with Crippen LogP contribution in [0.1, 0.15) is 31.8 Å². The molecule has 0 spiro atoms. The maximum atomic E-state index is 12.5. The van der Waals surface area contributed by atoms with E-state index in [1.165, 1.54) is 44.6 Å². The summed E-state index contributed by atoms with van der Waals surface area (Å²) in [5, 5.41) is 10.7. The van der Waals surface area contributed by atoms with Gasteiger partial charge in [0.2, 0.25) is 0 Å². The van der Waals surface area contributed by atoms with Crippen LogP contribution in [0.15, 0.2) is 65.6 Å². The molecule has 178 valence electrons. The van der Waals surface area contributed by atoms with Gasteiger partial charge < -0.3 is 14.6 Å². The largest absolute Gasteiger partial charge is 0.506 e.